The molecule has 3 rings (SSSR count). The summed E-state index contributed by atoms with van der Waals surface area (Å²) in [4.78, 5) is 25.3. The summed E-state index contributed by atoms with van der Waals surface area (Å²) < 4.78 is 0. The van der Waals surface area contributed by atoms with Crippen molar-refractivity contribution in [3.63, 3.8) is 0 Å². The third kappa shape index (κ3) is 3.69. The maximum Gasteiger partial charge on any atom is 0.240 e. The van der Waals surface area contributed by atoms with Crippen LogP contribution in [-0.2, 0) is 16.1 Å². The number of aryl methyl sites for hydroxylation is 2. The van der Waals surface area contributed by atoms with E-state index in [1.807, 2.05) is 50.2 Å². The number of carbonyl (C=O) groups excluding carboxylic acids is 2. The number of amides is 2. The van der Waals surface area contributed by atoms with Gasteiger partial charge in [-0.25, -0.2) is 0 Å². The summed E-state index contributed by atoms with van der Waals surface area (Å²) >= 11 is 6.11. The molecule has 0 aliphatic heterocycles. The summed E-state index contributed by atoms with van der Waals surface area (Å²) in [5.41, 5.74) is 2.68. The highest BCUT2D eigenvalue weighted by Crippen LogP contribution is 2.47. The van der Waals surface area contributed by atoms with Crippen molar-refractivity contribution in [1.29, 1.82) is 0 Å². The predicted octanol–water partition coefficient (Wildman–Crippen LogP) is 3.99. The van der Waals surface area contributed by atoms with Crippen molar-refractivity contribution in [3.05, 3.63) is 64.2 Å². The maximum atomic E-state index is 12.7. The van der Waals surface area contributed by atoms with Crippen LogP contribution in [0.3, 0.4) is 0 Å². The number of carbonyl (C=O) groups is 2. The molecule has 1 aliphatic rings. The molecule has 0 spiro atoms. The van der Waals surface area contributed by atoms with Gasteiger partial charge < -0.3 is 10.6 Å². The van der Waals surface area contributed by atoms with Crippen molar-refractivity contribution in [2.24, 2.45) is 5.41 Å². The van der Waals surface area contributed by atoms with Gasteiger partial charge in [-0.1, -0.05) is 41.9 Å². The fourth-order valence-electron chi connectivity index (χ4n) is 2.78. The highest BCUT2D eigenvalue weighted by Gasteiger charge is 2.56. The summed E-state index contributed by atoms with van der Waals surface area (Å²) in [5.74, 6) is -0.479. The van der Waals surface area contributed by atoms with Gasteiger partial charge in [0.15, 0.2) is 0 Å². The van der Waals surface area contributed by atoms with Crippen molar-refractivity contribution in [2.75, 3.05) is 5.32 Å². The molecule has 0 bridgehead atoms. The fraction of sp³-hybridized carbons (Fsp3) is 0.300. The zero-order chi connectivity index (χ0) is 18.0. The van der Waals surface area contributed by atoms with Gasteiger partial charge in [0, 0.05) is 17.3 Å². The Morgan fingerprint density at radius 2 is 1.80 bits per heavy atom. The molecule has 0 radical (unpaired) electrons. The van der Waals surface area contributed by atoms with Crippen molar-refractivity contribution in [1.82, 2.24) is 5.32 Å². The first-order chi connectivity index (χ1) is 11.9. The minimum Gasteiger partial charge on any atom is -0.351 e. The lowest BCUT2D eigenvalue weighted by molar-refractivity contribution is -0.134. The lowest BCUT2D eigenvalue weighted by Gasteiger charge is -2.17. The van der Waals surface area contributed by atoms with E-state index in [2.05, 4.69) is 10.6 Å². The van der Waals surface area contributed by atoms with E-state index in [1.165, 1.54) is 0 Å². The number of benzene rings is 2. The average molecular weight is 357 g/mol. The molecule has 2 aromatic carbocycles. The van der Waals surface area contributed by atoms with Gasteiger partial charge in [0.2, 0.25) is 11.8 Å². The minimum atomic E-state index is -0.961. The molecular weight excluding hydrogens is 336 g/mol. The zero-order valence-electron chi connectivity index (χ0n) is 14.4. The van der Waals surface area contributed by atoms with Crippen molar-refractivity contribution >= 4 is 29.1 Å². The zero-order valence-corrected chi connectivity index (χ0v) is 15.1. The molecule has 2 amide bonds. The lowest BCUT2D eigenvalue weighted by Crippen LogP contribution is -2.39. The van der Waals surface area contributed by atoms with E-state index in [-0.39, 0.29) is 11.8 Å². The third-order valence-corrected chi connectivity index (χ3v) is 5.03. The van der Waals surface area contributed by atoms with E-state index in [9.17, 15) is 9.59 Å². The molecule has 1 saturated carbocycles. The van der Waals surface area contributed by atoms with Crippen LogP contribution in [0.25, 0.3) is 0 Å². The van der Waals surface area contributed by atoms with Crippen LogP contribution in [-0.4, -0.2) is 11.8 Å². The Kier molecular flexibility index (Phi) is 4.82. The molecular formula is C20H21ClN2O2. The molecule has 1 aliphatic carbocycles. The second kappa shape index (κ2) is 6.89. The highest BCUT2D eigenvalue weighted by atomic mass is 35.5. The van der Waals surface area contributed by atoms with Gasteiger partial charge in [0.1, 0.15) is 5.41 Å². The molecule has 2 N–H and O–H groups in total. The summed E-state index contributed by atoms with van der Waals surface area (Å²) in [6.07, 6.45) is 1.14. The largest absolute Gasteiger partial charge is 0.351 e. The lowest BCUT2D eigenvalue weighted by atomic mass is 10.0. The minimum absolute atomic E-state index is 0.238. The van der Waals surface area contributed by atoms with Crippen molar-refractivity contribution < 1.29 is 9.59 Å². The molecule has 0 atom stereocenters. The Hall–Kier alpha value is -2.33. The smallest absolute Gasteiger partial charge is 0.240 e. The molecule has 25 heavy (non-hydrogen) atoms. The first-order valence-corrected chi connectivity index (χ1v) is 8.70. The Labute approximate surface area is 152 Å². The Morgan fingerprint density at radius 3 is 2.48 bits per heavy atom. The Bertz CT molecular complexity index is 828. The SMILES string of the molecule is Cc1ccc(C)c(NC(=O)C2(C(=O)NCc3ccccc3Cl)CC2)c1. The predicted molar refractivity (Wildman–Crippen MR) is 99.5 cm³/mol. The third-order valence-electron chi connectivity index (χ3n) is 4.66. The van der Waals surface area contributed by atoms with E-state index in [0.717, 1.165) is 22.4 Å². The average Bonchev–Trinajstić information content (AvgIpc) is 3.39. The quantitative estimate of drug-likeness (QED) is 0.796. The number of hydrogen-bond donors (Lipinski definition) is 2. The van der Waals surface area contributed by atoms with Gasteiger partial charge in [-0.15, -0.1) is 0 Å². The van der Waals surface area contributed by atoms with E-state index in [0.29, 0.717) is 24.4 Å². The highest BCUT2D eigenvalue weighted by molar-refractivity contribution is 6.31. The second-order valence-corrected chi connectivity index (χ2v) is 7.04. The van der Waals surface area contributed by atoms with Crippen LogP contribution < -0.4 is 10.6 Å². The van der Waals surface area contributed by atoms with E-state index in [4.69, 9.17) is 11.6 Å². The Balaban J connectivity index is 1.67. The van der Waals surface area contributed by atoms with Gasteiger partial charge in [0.05, 0.1) is 0 Å². The van der Waals surface area contributed by atoms with Crippen LogP contribution in [0, 0.1) is 19.3 Å². The maximum absolute atomic E-state index is 12.7. The molecule has 0 saturated heterocycles. The molecule has 0 unspecified atom stereocenters. The molecule has 0 aromatic heterocycles. The first-order valence-electron chi connectivity index (χ1n) is 8.33. The summed E-state index contributed by atoms with van der Waals surface area (Å²) in [7, 11) is 0. The molecule has 1 fully saturated rings. The normalized spacial score (nSPS) is 14.7. The summed E-state index contributed by atoms with van der Waals surface area (Å²) in [5, 5.41) is 6.37. The van der Waals surface area contributed by atoms with Crippen LogP contribution in [0.5, 0.6) is 0 Å². The van der Waals surface area contributed by atoms with Gasteiger partial charge >= 0.3 is 0 Å². The standard InChI is InChI=1S/C20H21ClN2O2/c1-13-7-8-14(2)17(11-13)23-19(25)20(9-10-20)18(24)22-12-15-5-3-4-6-16(15)21/h3-8,11H,9-10,12H2,1-2H3,(H,22,24)(H,23,25). The van der Waals surface area contributed by atoms with Crippen LogP contribution in [0.15, 0.2) is 42.5 Å². The van der Waals surface area contributed by atoms with Crippen molar-refractivity contribution in [3.8, 4) is 0 Å². The van der Waals surface area contributed by atoms with E-state index >= 15 is 0 Å². The second-order valence-electron chi connectivity index (χ2n) is 6.63. The number of hydrogen-bond acceptors (Lipinski definition) is 2. The molecule has 4 nitrogen and oxygen atoms in total. The Morgan fingerprint density at radius 1 is 1.08 bits per heavy atom. The van der Waals surface area contributed by atoms with Gasteiger partial charge in [-0.3, -0.25) is 9.59 Å². The molecule has 0 heterocycles. The van der Waals surface area contributed by atoms with Crippen LogP contribution in [0.4, 0.5) is 5.69 Å². The number of rotatable bonds is 5. The summed E-state index contributed by atoms with van der Waals surface area (Å²) in [6.45, 7) is 4.22. The van der Waals surface area contributed by atoms with Crippen molar-refractivity contribution in [2.45, 2.75) is 33.2 Å². The fourth-order valence-corrected chi connectivity index (χ4v) is 2.98. The first kappa shape index (κ1) is 17.5. The van der Waals surface area contributed by atoms with E-state index < -0.39 is 5.41 Å². The molecule has 2 aromatic rings. The van der Waals surface area contributed by atoms with Crippen LogP contribution >= 0.6 is 11.6 Å². The summed E-state index contributed by atoms with van der Waals surface area (Å²) in [6, 6.07) is 13.2. The monoisotopic (exact) mass is 356 g/mol. The van der Waals surface area contributed by atoms with Gasteiger partial charge in [-0.2, -0.15) is 0 Å². The number of nitrogens with one attached hydrogen (secondary N) is 2. The van der Waals surface area contributed by atoms with Gasteiger partial charge in [-0.05, 0) is 55.5 Å². The number of anilines is 1. The van der Waals surface area contributed by atoms with E-state index in [1.54, 1.807) is 6.07 Å². The van der Waals surface area contributed by atoms with Crippen LogP contribution in [0.2, 0.25) is 5.02 Å². The number of halogens is 1. The topological polar surface area (TPSA) is 58.2 Å². The van der Waals surface area contributed by atoms with Gasteiger partial charge in [0.25, 0.3) is 0 Å². The van der Waals surface area contributed by atoms with Crippen LogP contribution in [0.1, 0.15) is 29.5 Å². The molecule has 130 valence electrons. The molecule has 5 heteroatoms.